The monoisotopic (exact) mass is 543 g/mol. The first-order valence-electron chi connectivity index (χ1n) is 14.6. The molecule has 0 heterocycles. The van der Waals surface area contributed by atoms with Crippen molar-refractivity contribution in [3.63, 3.8) is 0 Å². The van der Waals surface area contributed by atoms with E-state index in [0.717, 1.165) is 29.9 Å². The van der Waals surface area contributed by atoms with Crippen LogP contribution in [0.1, 0.15) is 86.6 Å². The third-order valence-electron chi connectivity index (χ3n) is 7.31. The zero-order chi connectivity index (χ0) is 28.0. The van der Waals surface area contributed by atoms with Crippen molar-refractivity contribution in [1.29, 1.82) is 0 Å². The lowest BCUT2D eigenvalue weighted by Crippen LogP contribution is -2.17. The van der Waals surface area contributed by atoms with E-state index in [1.54, 1.807) is 24.3 Å². The minimum absolute atomic E-state index is 0.170. The summed E-state index contributed by atoms with van der Waals surface area (Å²) >= 11 is 0. The highest BCUT2D eigenvalue weighted by Crippen LogP contribution is 2.27. The van der Waals surface area contributed by atoms with E-state index in [0.29, 0.717) is 17.0 Å². The molecule has 1 saturated carbocycles. The Kier molecular flexibility index (Phi) is 11.5. The fourth-order valence-electron chi connectivity index (χ4n) is 5.09. The van der Waals surface area contributed by atoms with Crippen molar-refractivity contribution in [3.05, 3.63) is 83.9 Å². The van der Waals surface area contributed by atoms with Crippen LogP contribution in [-0.4, -0.2) is 25.1 Å². The smallest absolute Gasteiger partial charge is 0.339 e. The van der Waals surface area contributed by atoms with Gasteiger partial charge in [-0.2, -0.15) is 0 Å². The number of carbonyl (C=O) groups excluding carboxylic acids is 2. The van der Waals surface area contributed by atoms with Gasteiger partial charge in [0.15, 0.2) is 0 Å². The number of rotatable bonds is 8. The van der Waals surface area contributed by atoms with Gasteiger partial charge in [-0.25, -0.2) is 4.79 Å². The maximum Gasteiger partial charge on any atom is 0.339 e. The lowest BCUT2D eigenvalue weighted by molar-refractivity contribution is -0.115. The van der Waals surface area contributed by atoms with E-state index in [4.69, 9.17) is 14.2 Å². The van der Waals surface area contributed by atoms with E-state index in [9.17, 15) is 9.59 Å². The number of esters is 1. The molecule has 0 saturated heterocycles. The molecule has 3 aromatic rings. The molecule has 1 aliphatic carbocycles. The summed E-state index contributed by atoms with van der Waals surface area (Å²) in [6, 6.07) is 22.0. The van der Waals surface area contributed by atoms with E-state index in [-0.39, 0.29) is 18.4 Å². The lowest BCUT2D eigenvalue weighted by Gasteiger charge is -2.20. The van der Waals surface area contributed by atoms with E-state index < -0.39 is 5.97 Å². The quantitative estimate of drug-likeness (QED) is 0.288. The van der Waals surface area contributed by atoms with Crippen molar-refractivity contribution < 1.29 is 23.8 Å². The first kappa shape index (κ1) is 29.2. The van der Waals surface area contributed by atoms with Crippen LogP contribution in [0.2, 0.25) is 0 Å². The van der Waals surface area contributed by atoms with Gasteiger partial charge in [0.05, 0.1) is 30.9 Å². The molecule has 0 atom stereocenters. The van der Waals surface area contributed by atoms with Gasteiger partial charge < -0.3 is 19.5 Å². The van der Waals surface area contributed by atoms with Gasteiger partial charge in [-0.15, -0.1) is 0 Å². The third-order valence-corrected chi connectivity index (χ3v) is 7.31. The van der Waals surface area contributed by atoms with Gasteiger partial charge >= 0.3 is 5.97 Å². The molecule has 0 spiro atoms. The Labute approximate surface area is 238 Å². The highest BCUT2D eigenvalue weighted by atomic mass is 16.5. The van der Waals surface area contributed by atoms with E-state index >= 15 is 0 Å². The number of methoxy groups -OCH3 is 1. The molecule has 40 heavy (non-hydrogen) atoms. The molecule has 0 radical (unpaired) electrons. The first-order chi connectivity index (χ1) is 19.6. The number of hydrogen-bond acceptors (Lipinski definition) is 5. The van der Waals surface area contributed by atoms with Crippen LogP contribution >= 0.6 is 0 Å². The second-order valence-corrected chi connectivity index (χ2v) is 10.5. The molecular formula is C34H41NO5. The predicted molar refractivity (Wildman–Crippen MR) is 158 cm³/mol. The third kappa shape index (κ3) is 9.44. The number of para-hydroxylation sites is 1. The average Bonchev–Trinajstić information content (AvgIpc) is 2.96. The zero-order valence-corrected chi connectivity index (χ0v) is 23.5. The van der Waals surface area contributed by atoms with Crippen LogP contribution in [0.3, 0.4) is 0 Å². The van der Waals surface area contributed by atoms with Gasteiger partial charge in [-0.3, -0.25) is 4.79 Å². The van der Waals surface area contributed by atoms with Gasteiger partial charge in [0.25, 0.3) is 0 Å². The summed E-state index contributed by atoms with van der Waals surface area (Å²) in [7, 11) is 1.32. The van der Waals surface area contributed by atoms with Crippen molar-refractivity contribution in [2.45, 2.75) is 83.2 Å². The second-order valence-electron chi connectivity index (χ2n) is 10.5. The van der Waals surface area contributed by atoms with Gasteiger partial charge in [-0.05, 0) is 79.8 Å². The number of benzene rings is 3. The Bertz CT molecular complexity index is 1190. The van der Waals surface area contributed by atoms with Crippen LogP contribution in [0.25, 0.3) is 0 Å². The minimum atomic E-state index is -0.492. The molecule has 0 unspecified atom stereocenters. The maximum atomic E-state index is 12.6. The molecule has 1 N–H and O–H groups in total. The van der Waals surface area contributed by atoms with Crippen molar-refractivity contribution in [2.75, 3.05) is 12.4 Å². The topological polar surface area (TPSA) is 73.9 Å². The van der Waals surface area contributed by atoms with Crippen molar-refractivity contribution in [3.8, 4) is 17.2 Å². The van der Waals surface area contributed by atoms with Crippen LogP contribution in [0.15, 0.2) is 72.8 Å². The molecule has 0 bridgehead atoms. The fraction of sp³-hybridized carbons (Fsp3) is 0.412. The van der Waals surface area contributed by atoms with Crippen LogP contribution in [0, 0.1) is 0 Å². The van der Waals surface area contributed by atoms with E-state index in [2.05, 4.69) is 5.32 Å². The fourth-order valence-corrected chi connectivity index (χ4v) is 5.09. The van der Waals surface area contributed by atoms with Crippen LogP contribution in [0.5, 0.6) is 17.2 Å². The normalized spacial score (nSPS) is 15.2. The Hall–Kier alpha value is -3.80. The number of anilines is 1. The Balaban J connectivity index is 1.27. The second kappa shape index (κ2) is 15.7. The molecule has 6 nitrogen and oxygen atoms in total. The standard InChI is InChI=1S/C34H41NO5/c1-38-34(37)31-15-11-12-16-32(31)35-33(36)25-26-17-19-28(20-18-26)40-30-23-21-29(22-24-30)39-27-13-9-7-5-3-2-4-6-8-10-14-27/h11-12,15-24,27H,2-10,13-14,25H2,1H3,(H,35,36). The predicted octanol–water partition coefficient (Wildman–Crippen LogP) is 8.50. The van der Waals surface area contributed by atoms with E-state index in [1.165, 1.54) is 64.9 Å². The van der Waals surface area contributed by atoms with Crippen LogP contribution in [-0.2, 0) is 16.0 Å². The largest absolute Gasteiger partial charge is 0.490 e. The minimum Gasteiger partial charge on any atom is -0.490 e. The van der Waals surface area contributed by atoms with Gasteiger partial charge in [0.2, 0.25) is 5.91 Å². The molecule has 1 amide bonds. The van der Waals surface area contributed by atoms with Crippen LogP contribution < -0.4 is 14.8 Å². The molecule has 1 fully saturated rings. The number of ether oxygens (including phenoxy) is 3. The molecule has 6 heteroatoms. The molecule has 212 valence electrons. The Morgan fingerprint density at radius 1 is 0.700 bits per heavy atom. The SMILES string of the molecule is COC(=O)c1ccccc1NC(=O)Cc1ccc(Oc2ccc(OC3CCCCCCCCCCC3)cc2)cc1. The highest BCUT2D eigenvalue weighted by molar-refractivity contribution is 6.01. The number of carbonyl (C=O) groups is 2. The lowest BCUT2D eigenvalue weighted by atomic mass is 9.99. The Morgan fingerprint density at radius 2 is 1.23 bits per heavy atom. The van der Waals surface area contributed by atoms with E-state index in [1.807, 2.05) is 48.5 Å². The van der Waals surface area contributed by atoms with Crippen molar-refractivity contribution in [1.82, 2.24) is 0 Å². The molecule has 4 rings (SSSR count). The molecular weight excluding hydrogens is 502 g/mol. The summed E-state index contributed by atoms with van der Waals surface area (Å²) < 4.78 is 17.2. The first-order valence-corrected chi connectivity index (χ1v) is 14.6. The molecule has 0 aliphatic heterocycles. The molecule has 1 aliphatic rings. The summed E-state index contributed by atoms with van der Waals surface area (Å²) in [4.78, 5) is 24.5. The zero-order valence-electron chi connectivity index (χ0n) is 23.5. The Morgan fingerprint density at radius 3 is 1.82 bits per heavy atom. The number of nitrogens with one attached hydrogen (secondary N) is 1. The number of amides is 1. The van der Waals surface area contributed by atoms with Crippen LogP contribution in [0.4, 0.5) is 5.69 Å². The molecule has 3 aromatic carbocycles. The summed E-state index contributed by atoms with van der Waals surface area (Å²) in [6.45, 7) is 0. The summed E-state index contributed by atoms with van der Waals surface area (Å²) in [5, 5.41) is 2.80. The average molecular weight is 544 g/mol. The van der Waals surface area contributed by atoms with Gasteiger partial charge in [0.1, 0.15) is 17.2 Å². The highest BCUT2D eigenvalue weighted by Gasteiger charge is 2.14. The van der Waals surface area contributed by atoms with Crippen molar-refractivity contribution in [2.24, 2.45) is 0 Å². The molecule has 0 aromatic heterocycles. The summed E-state index contributed by atoms with van der Waals surface area (Å²) in [6.07, 6.45) is 14.6. The number of hydrogen-bond donors (Lipinski definition) is 1. The van der Waals surface area contributed by atoms with Crippen molar-refractivity contribution >= 4 is 17.6 Å². The van der Waals surface area contributed by atoms with Gasteiger partial charge in [-0.1, -0.05) is 69.2 Å². The summed E-state index contributed by atoms with van der Waals surface area (Å²) in [5.74, 6) is 1.60. The maximum absolute atomic E-state index is 12.6. The summed E-state index contributed by atoms with van der Waals surface area (Å²) in [5.41, 5.74) is 1.58. The van der Waals surface area contributed by atoms with Gasteiger partial charge in [0, 0.05) is 0 Å².